The number of nitro groups is 1. The van der Waals surface area contributed by atoms with Gasteiger partial charge in [0.05, 0.1) is 9.95 Å². The second kappa shape index (κ2) is 5.47. The van der Waals surface area contributed by atoms with Crippen molar-refractivity contribution in [1.82, 2.24) is 0 Å². The van der Waals surface area contributed by atoms with Crippen molar-refractivity contribution in [3.63, 3.8) is 0 Å². The van der Waals surface area contributed by atoms with E-state index in [1.54, 1.807) is 12.1 Å². The maximum absolute atomic E-state index is 11.1. The molecule has 104 valence electrons. The molecule has 1 aliphatic carbocycles. The predicted octanol–water partition coefficient (Wildman–Crippen LogP) is 3.56. The summed E-state index contributed by atoms with van der Waals surface area (Å²) >= 11 is 6.16. The molecule has 0 heterocycles. The van der Waals surface area contributed by atoms with Crippen LogP contribution in [0.4, 0.5) is 5.69 Å². The first-order valence-electron chi connectivity index (χ1n) is 6.59. The van der Waals surface area contributed by atoms with Crippen molar-refractivity contribution in [3.05, 3.63) is 38.9 Å². The van der Waals surface area contributed by atoms with E-state index in [4.69, 9.17) is 17.3 Å². The lowest BCUT2D eigenvalue weighted by Crippen LogP contribution is -2.30. The minimum Gasteiger partial charge on any atom is -0.330 e. The van der Waals surface area contributed by atoms with Crippen LogP contribution in [0.5, 0.6) is 0 Å². The van der Waals surface area contributed by atoms with Gasteiger partial charge < -0.3 is 5.73 Å². The molecule has 2 rings (SSSR count). The lowest BCUT2D eigenvalue weighted by atomic mass is 9.79. The molecule has 0 aliphatic heterocycles. The Morgan fingerprint density at radius 2 is 2.32 bits per heavy atom. The van der Waals surface area contributed by atoms with Crippen molar-refractivity contribution < 1.29 is 4.92 Å². The van der Waals surface area contributed by atoms with Crippen molar-refractivity contribution in [2.24, 2.45) is 17.1 Å². The maximum atomic E-state index is 11.1. The molecule has 1 saturated carbocycles. The van der Waals surface area contributed by atoms with Gasteiger partial charge in [-0.15, -0.1) is 0 Å². The highest BCUT2D eigenvalue weighted by molar-refractivity contribution is 6.31. The van der Waals surface area contributed by atoms with E-state index in [-0.39, 0.29) is 16.0 Å². The molecule has 0 bridgehead atoms. The standard InChI is InChI=1S/C14H19ClN2O2/c1-10-5-6-14(7-10,9-16)8-11-12(15)3-2-4-13(11)17(18)19/h2-4,10H,5-9,16H2,1H3. The molecule has 5 heteroatoms. The van der Waals surface area contributed by atoms with Gasteiger partial charge in [0, 0.05) is 11.6 Å². The highest BCUT2D eigenvalue weighted by atomic mass is 35.5. The van der Waals surface area contributed by atoms with E-state index in [2.05, 4.69) is 6.92 Å². The fourth-order valence-electron chi connectivity index (χ4n) is 3.18. The van der Waals surface area contributed by atoms with Crippen LogP contribution in [0.1, 0.15) is 31.7 Å². The van der Waals surface area contributed by atoms with E-state index in [1.165, 1.54) is 6.07 Å². The van der Waals surface area contributed by atoms with Crippen LogP contribution < -0.4 is 5.73 Å². The molecule has 1 aromatic carbocycles. The molecule has 0 amide bonds. The fraction of sp³-hybridized carbons (Fsp3) is 0.571. The zero-order valence-electron chi connectivity index (χ0n) is 11.1. The van der Waals surface area contributed by atoms with Gasteiger partial charge in [-0.3, -0.25) is 10.1 Å². The Morgan fingerprint density at radius 3 is 2.84 bits per heavy atom. The Balaban J connectivity index is 2.35. The summed E-state index contributed by atoms with van der Waals surface area (Å²) in [6, 6.07) is 4.85. The quantitative estimate of drug-likeness (QED) is 0.678. The first-order chi connectivity index (χ1) is 8.97. The van der Waals surface area contributed by atoms with Gasteiger partial charge in [-0.1, -0.05) is 31.0 Å². The van der Waals surface area contributed by atoms with Crippen LogP contribution >= 0.6 is 11.6 Å². The first-order valence-corrected chi connectivity index (χ1v) is 6.97. The number of nitrogens with zero attached hydrogens (tertiary/aromatic N) is 1. The third-order valence-electron chi connectivity index (χ3n) is 4.22. The van der Waals surface area contributed by atoms with Gasteiger partial charge in [0.15, 0.2) is 0 Å². The van der Waals surface area contributed by atoms with Crippen molar-refractivity contribution in [2.45, 2.75) is 32.6 Å². The molecule has 1 aromatic rings. The van der Waals surface area contributed by atoms with Crippen LogP contribution in [0, 0.1) is 21.4 Å². The van der Waals surface area contributed by atoms with Gasteiger partial charge in [-0.05, 0) is 43.2 Å². The molecular weight excluding hydrogens is 264 g/mol. The van der Waals surface area contributed by atoms with Gasteiger partial charge >= 0.3 is 0 Å². The highest BCUT2D eigenvalue weighted by Gasteiger charge is 2.38. The molecule has 0 aromatic heterocycles. The summed E-state index contributed by atoms with van der Waals surface area (Å²) < 4.78 is 0. The molecule has 4 nitrogen and oxygen atoms in total. The van der Waals surface area contributed by atoms with Crippen LogP contribution in [-0.2, 0) is 6.42 Å². The van der Waals surface area contributed by atoms with E-state index < -0.39 is 0 Å². The van der Waals surface area contributed by atoms with E-state index in [9.17, 15) is 10.1 Å². The van der Waals surface area contributed by atoms with Crippen molar-refractivity contribution in [2.75, 3.05) is 6.54 Å². The Bertz CT molecular complexity index is 492. The molecule has 0 radical (unpaired) electrons. The van der Waals surface area contributed by atoms with E-state index in [0.717, 1.165) is 19.3 Å². The maximum Gasteiger partial charge on any atom is 0.274 e. The molecule has 2 atom stereocenters. The van der Waals surface area contributed by atoms with E-state index in [0.29, 0.717) is 29.5 Å². The molecule has 1 aliphatic rings. The lowest BCUT2D eigenvalue weighted by Gasteiger charge is -2.28. The molecule has 0 spiro atoms. The first kappa shape index (κ1) is 14.3. The molecule has 19 heavy (non-hydrogen) atoms. The average Bonchev–Trinajstić information content (AvgIpc) is 2.74. The van der Waals surface area contributed by atoms with Crippen molar-refractivity contribution >= 4 is 17.3 Å². The zero-order valence-corrected chi connectivity index (χ0v) is 11.8. The van der Waals surface area contributed by atoms with Gasteiger partial charge in [0.2, 0.25) is 0 Å². The highest BCUT2D eigenvalue weighted by Crippen LogP contribution is 2.45. The molecule has 0 saturated heterocycles. The van der Waals surface area contributed by atoms with Crippen molar-refractivity contribution in [1.29, 1.82) is 0 Å². The zero-order chi connectivity index (χ0) is 14.0. The topological polar surface area (TPSA) is 69.2 Å². The van der Waals surface area contributed by atoms with Crippen LogP contribution in [0.3, 0.4) is 0 Å². The van der Waals surface area contributed by atoms with Crippen LogP contribution in [0.2, 0.25) is 5.02 Å². The third kappa shape index (κ3) is 2.90. The van der Waals surface area contributed by atoms with E-state index in [1.807, 2.05) is 0 Å². The van der Waals surface area contributed by atoms with E-state index >= 15 is 0 Å². The summed E-state index contributed by atoms with van der Waals surface area (Å²) in [7, 11) is 0. The average molecular weight is 283 g/mol. The molecule has 1 fully saturated rings. The monoisotopic (exact) mass is 282 g/mol. The third-order valence-corrected chi connectivity index (χ3v) is 4.58. The minimum absolute atomic E-state index is 0.0326. The largest absolute Gasteiger partial charge is 0.330 e. The summed E-state index contributed by atoms with van der Waals surface area (Å²) in [6.07, 6.45) is 3.78. The summed E-state index contributed by atoms with van der Waals surface area (Å²) in [6.45, 7) is 2.76. The van der Waals surface area contributed by atoms with Gasteiger partial charge in [0.1, 0.15) is 0 Å². The van der Waals surface area contributed by atoms with Gasteiger partial charge in [0.25, 0.3) is 5.69 Å². The summed E-state index contributed by atoms with van der Waals surface area (Å²) in [4.78, 5) is 10.8. The summed E-state index contributed by atoms with van der Waals surface area (Å²) in [5.74, 6) is 0.630. The van der Waals surface area contributed by atoms with Gasteiger partial charge in [-0.25, -0.2) is 0 Å². The fourth-order valence-corrected chi connectivity index (χ4v) is 3.42. The van der Waals surface area contributed by atoms with Crippen LogP contribution in [0.15, 0.2) is 18.2 Å². The number of nitrogens with two attached hydrogens (primary N) is 1. The number of benzene rings is 1. The normalized spacial score (nSPS) is 26.6. The second-order valence-corrected chi connectivity index (χ2v) is 6.13. The Morgan fingerprint density at radius 1 is 1.58 bits per heavy atom. The second-order valence-electron chi connectivity index (χ2n) is 5.72. The Labute approximate surface area is 118 Å². The van der Waals surface area contributed by atoms with Crippen LogP contribution in [0.25, 0.3) is 0 Å². The number of rotatable bonds is 4. The van der Waals surface area contributed by atoms with Gasteiger partial charge in [-0.2, -0.15) is 0 Å². The molecule has 2 unspecified atom stereocenters. The minimum atomic E-state index is -0.357. The van der Waals surface area contributed by atoms with Crippen LogP contribution in [-0.4, -0.2) is 11.5 Å². The Hall–Kier alpha value is -1.13. The lowest BCUT2D eigenvalue weighted by molar-refractivity contribution is -0.385. The number of halogens is 1. The number of nitro benzene ring substituents is 1. The number of hydrogen-bond donors (Lipinski definition) is 1. The smallest absolute Gasteiger partial charge is 0.274 e. The SMILES string of the molecule is CC1CCC(CN)(Cc2c(Cl)cccc2[N+](=O)[O-])C1. The molecular formula is C14H19ClN2O2. The van der Waals surface area contributed by atoms with Crippen molar-refractivity contribution in [3.8, 4) is 0 Å². The molecule has 2 N–H and O–H groups in total. The summed E-state index contributed by atoms with van der Waals surface area (Å²) in [5, 5.41) is 11.6. The Kier molecular flexibility index (Phi) is 4.11. The summed E-state index contributed by atoms with van der Waals surface area (Å²) in [5.41, 5.74) is 6.65. The predicted molar refractivity (Wildman–Crippen MR) is 76.3 cm³/mol. The number of hydrogen-bond acceptors (Lipinski definition) is 3.